The summed E-state index contributed by atoms with van der Waals surface area (Å²) in [5.41, 5.74) is 2.26. The summed E-state index contributed by atoms with van der Waals surface area (Å²) in [6, 6.07) is 10.00. The number of benzene rings is 1. The first-order chi connectivity index (χ1) is 7.90. The molecule has 0 amide bonds. The van der Waals surface area contributed by atoms with E-state index in [1.807, 2.05) is 35.9 Å². The van der Waals surface area contributed by atoms with Gasteiger partial charge in [-0.05, 0) is 22.9 Å². The smallest absolute Gasteiger partial charge is 0.123 e. The average molecular weight is 231 g/mol. The molecule has 0 aliphatic rings. The Bertz CT molecular complexity index is 463. The molecule has 0 radical (unpaired) electrons. The van der Waals surface area contributed by atoms with Gasteiger partial charge < -0.3 is 4.74 Å². The predicted molar refractivity (Wildman–Crippen MR) is 68.6 cm³/mol. The van der Waals surface area contributed by atoms with Crippen molar-refractivity contribution in [3.05, 3.63) is 52.2 Å². The normalized spacial score (nSPS) is 10.8. The monoisotopic (exact) mass is 231 g/mol. The second-order valence-electron chi connectivity index (χ2n) is 3.34. The molecule has 0 fully saturated rings. The van der Waals surface area contributed by atoms with Crippen molar-refractivity contribution >= 4 is 17.6 Å². The maximum absolute atomic E-state index is 5.26. The quantitative estimate of drug-likeness (QED) is 0.739. The van der Waals surface area contributed by atoms with Crippen LogP contribution in [-0.4, -0.2) is 13.3 Å². The van der Waals surface area contributed by atoms with Crippen molar-refractivity contribution in [2.45, 2.75) is 6.54 Å². The van der Waals surface area contributed by atoms with Crippen LogP contribution in [0.2, 0.25) is 0 Å². The maximum Gasteiger partial charge on any atom is 0.123 e. The zero-order valence-electron chi connectivity index (χ0n) is 9.09. The number of ether oxygens (including phenoxy) is 1. The summed E-state index contributed by atoms with van der Waals surface area (Å²) in [6.45, 7) is 0.653. The van der Waals surface area contributed by atoms with Crippen LogP contribution in [0.1, 0.15) is 11.1 Å². The van der Waals surface area contributed by atoms with Crippen molar-refractivity contribution in [1.82, 2.24) is 0 Å². The van der Waals surface area contributed by atoms with Crippen molar-refractivity contribution in [3.63, 3.8) is 0 Å². The fraction of sp³-hybridized carbons (Fsp3) is 0.154. The van der Waals surface area contributed by atoms with E-state index in [2.05, 4.69) is 16.4 Å². The first kappa shape index (κ1) is 10.9. The van der Waals surface area contributed by atoms with Crippen LogP contribution in [0.4, 0.5) is 0 Å². The number of hydrogen-bond donors (Lipinski definition) is 0. The topological polar surface area (TPSA) is 21.6 Å². The Morgan fingerprint density at radius 3 is 2.94 bits per heavy atom. The van der Waals surface area contributed by atoms with Gasteiger partial charge in [0, 0.05) is 17.3 Å². The number of para-hydroxylation sites is 1. The summed E-state index contributed by atoms with van der Waals surface area (Å²) in [6.07, 6.45) is 1.89. The largest absolute Gasteiger partial charge is 0.496 e. The van der Waals surface area contributed by atoms with E-state index in [9.17, 15) is 0 Å². The lowest BCUT2D eigenvalue weighted by Crippen LogP contribution is -1.90. The molecule has 0 N–H and O–H groups in total. The fourth-order valence-electron chi connectivity index (χ4n) is 1.43. The Hall–Kier alpha value is -1.61. The van der Waals surface area contributed by atoms with E-state index >= 15 is 0 Å². The van der Waals surface area contributed by atoms with Gasteiger partial charge in [-0.2, -0.15) is 11.3 Å². The van der Waals surface area contributed by atoms with E-state index in [0.717, 1.165) is 16.9 Å². The summed E-state index contributed by atoms with van der Waals surface area (Å²) in [5.74, 6) is 0.893. The first-order valence-electron chi connectivity index (χ1n) is 5.04. The fourth-order valence-corrected chi connectivity index (χ4v) is 2.04. The maximum atomic E-state index is 5.26. The van der Waals surface area contributed by atoms with Crippen LogP contribution in [0.15, 0.2) is 46.1 Å². The van der Waals surface area contributed by atoms with Gasteiger partial charge in [-0.1, -0.05) is 18.2 Å². The number of aliphatic imine (C=N–C) groups is 1. The van der Waals surface area contributed by atoms with Gasteiger partial charge in [0.25, 0.3) is 0 Å². The molecule has 82 valence electrons. The van der Waals surface area contributed by atoms with Gasteiger partial charge in [-0.25, -0.2) is 0 Å². The Kier molecular flexibility index (Phi) is 3.72. The lowest BCUT2D eigenvalue weighted by atomic mass is 10.2. The molecule has 16 heavy (non-hydrogen) atoms. The van der Waals surface area contributed by atoms with Gasteiger partial charge in [-0.15, -0.1) is 0 Å². The lowest BCUT2D eigenvalue weighted by molar-refractivity contribution is 0.410. The summed E-state index contributed by atoms with van der Waals surface area (Å²) >= 11 is 1.68. The second kappa shape index (κ2) is 5.47. The van der Waals surface area contributed by atoms with Crippen LogP contribution in [0.25, 0.3) is 0 Å². The van der Waals surface area contributed by atoms with Crippen LogP contribution in [-0.2, 0) is 6.54 Å². The van der Waals surface area contributed by atoms with Crippen molar-refractivity contribution in [2.75, 3.05) is 7.11 Å². The third-order valence-electron chi connectivity index (χ3n) is 2.24. The van der Waals surface area contributed by atoms with Gasteiger partial charge in [-0.3, -0.25) is 4.99 Å². The van der Waals surface area contributed by atoms with Crippen molar-refractivity contribution in [2.24, 2.45) is 4.99 Å². The zero-order chi connectivity index (χ0) is 11.2. The third-order valence-corrected chi connectivity index (χ3v) is 2.94. The Balaban J connectivity index is 2.04. The molecule has 2 rings (SSSR count). The molecule has 2 nitrogen and oxygen atoms in total. The zero-order valence-corrected chi connectivity index (χ0v) is 9.91. The molecular weight excluding hydrogens is 218 g/mol. The van der Waals surface area contributed by atoms with Crippen LogP contribution in [0.3, 0.4) is 0 Å². The number of methoxy groups -OCH3 is 1. The Morgan fingerprint density at radius 2 is 2.19 bits per heavy atom. The van der Waals surface area contributed by atoms with E-state index in [-0.39, 0.29) is 0 Å². The predicted octanol–water partition coefficient (Wildman–Crippen LogP) is 3.38. The minimum absolute atomic E-state index is 0.653. The summed E-state index contributed by atoms with van der Waals surface area (Å²) in [5, 5.41) is 4.12. The summed E-state index contributed by atoms with van der Waals surface area (Å²) < 4.78 is 5.26. The molecule has 3 heteroatoms. The molecule has 0 saturated carbocycles. The van der Waals surface area contributed by atoms with Gasteiger partial charge in [0.2, 0.25) is 0 Å². The lowest BCUT2D eigenvalue weighted by Gasteiger charge is -2.04. The van der Waals surface area contributed by atoms with E-state index < -0.39 is 0 Å². The number of hydrogen-bond acceptors (Lipinski definition) is 3. The molecular formula is C13H13NOS. The molecule has 0 bridgehead atoms. The van der Waals surface area contributed by atoms with Crippen LogP contribution in [0.5, 0.6) is 5.75 Å². The number of thiophene rings is 1. The van der Waals surface area contributed by atoms with E-state index in [1.54, 1.807) is 18.4 Å². The molecule has 0 spiro atoms. The van der Waals surface area contributed by atoms with E-state index in [0.29, 0.717) is 6.54 Å². The third kappa shape index (κ3) is 2.70. The van der Waals surface area contributed by atoms with Gasteiger partial charge >= 0.3 is 0 Å². The average Bonchev–Trinajstić information content (AvgIpc) is 2.83. The molecule has 0 unspecified atom stereocenters. The molecule has 0 atom stereocenters. The van der Waals surface area contributed by atoms with Gasteiger partial charge in [0.15, 0.2) is 0 Å². The van der Waals surface area contributed by atoms with Crippen LogP contribution < -0.4 is 4.74 Å². The summed E-state index contributed by atoms with van der Waals surface area (Å²) in [7, 11) is 1.68. The molecule has 1 heterocycles. The molecule has 0 aliphatic carbocycles. The number of rotatable bonds is 4. The molecule has 0 aliphatic heterocycles. The first-order valence-corrected chi connectivity index (χ1v) is 5.98. The highest BCUT2D eigenvalue weighted by Crippen LogP contribution is 2.17. The van der Waals surface area contributed by atoms with E-state index in [1.165, 1.54) is 0 Å². The van der Waals surface area contributed by atoms with Crippen molar-refractivity contribution in [3.8, 4) is 5.75 Å². The molecule has 1 aromatic heterocycles. The van der Waals surface area contributed by atoms with Crippen LogP contribution >= 0.6 is 11.3 Å². The highest BCUT2D eigenvalue weighted by Gasteiger charge is 1.98. The second-order valence-corrected chi connectivity index (χ2v) is 4.12. The highest BCUT2D eigenvalue weighted by molar-refractivity contribution is 7.08. The minimum atomic E-state index is 0.653. The van der Waals surface area contributed by atoms with E-state index in [4.69, 9.17) is 4.74 Å². The highest BCUT2D eigenvalue weighted by atomic mass is 32.1. The van der Waals surface area contributed by atoms with Crippen LogP contribution in [0, 0.1) is 0 Å². The summed E-state index contributed by atoms with van der Waals surface area (Å²) in [4.78, 5) is 4.39. The van der Waals surface area contributed by atoms with Crippen molar-refractivity contribution in [1.29, 1.82) is 0 Å². The molecule has 2 aromatic rings. The van der Waals surface area contributed by atoms with Crippen molar-refractivity contribution < 1.29 is 4.74 Å². The SMILES string of the molecule is COc1ccccc1C/N=C\c1ccsc1. The molecule has 1 aromatic carbocycles. The number of nitrogens with zero attached hydrogens (tertiary/aromatic N) is 1. The standard InChI is InChI=1S/C13H13NOS/c1-15-13-5-3-2-4-12(13)9-14-8-11-6-7-16-10-11/h2-8,10H,9H2,1H3/b14-8-. The Labute approximate surface area is 99.2 Å². The Morgan fingerprint density at radius 1 is 1.31 bits per heavy atom. The minimum Gasteiger partial charge on any atom is -0.496 e. The van der Waals surface area contributed by atoms with Gasteiger partial charge in [0.1, 0.15) is 5.75 Å². The van der Waals surface area contributed by atoms with Gasteiger partial charge in [0.05, 0.1) is 13.7 Å². The molecule has 0 saturated heterocycles.